The third kappa shape index (κ3) is 1.22. The number of hydrogen-bond donors (Lipinski definition) is 1. The van der Waals surface area contributed by atoms with E-state index in [1.54, 1.807) is 0 Å². The van der Waals surface area contributed by atoms with Crippen LogP contribution in [0.3, 0.4) is 0 Å². The van der Waals surface area contributed by atoms with Crippen LogP contribution in [0.4, 0.5) is 0 Å². The van der Waals surface area contributed by atoms with Crippen molar-refractivity contribution in [3.8, 4) is 0 Å². The molecule has 1 aliphatic carbocycles. The van der Waals surface area contributed by atoms with Crippen molar-refractivity contribution in [2.24, 2.45) is 0 Å². The highest BCUT2D eigenvalue weighted by Gasteiger charge is 2.09. The first-order chi connectivity index (χ1) is 9.90. The van der Waals surface area contributed by atoms with Gasteiger partial charge in [-0.25, -0.2) is 0 Å². The molecule has 0 unspecified atom stereocenters. The third-order valence-electron chi connectivity index (χ3n) is 4.33. The summed E-state index contributed by atoms with van der Waals surface area (Å²) in [5.74, 6) is 0. The van der Waals surface area contributed by atoms with Gasteiger partial charge in [0, 0.05) is 10.6 Å². The lowest BCUT2D eigenvalue weighted by atomic mass is 10.1. The average Bonchev–Trinajstić information content (AvgIpc) is 3.02. The third-order valence-corrected chi connectivity index (χ3v) is 4.33. The maximum Gasteiger partial charge on any atom is 0.0538 e. The fourth-order valence-corrected chi connectivity index (χ4v) is 3.40. The van der Waals surface area contributed by atoms with Crippen molar-refractivity contribution in [3.63, 3.8) is 0 Å². The number of benzene rings is 1. The number of rotatable bonds is 0. The molecule has 0 radical (unpaired) electrons. The predicted octanol–water partition coefficient (Wildman–Crippen LogP) is 4.39. The molecule has 1 heteroatoms. The van der Waals surface area contributed by atoms with Crippen LogP contribution in [0.2, 0.25) is 0 Å². The van der Waals surface area contributed by atoms with Gasteiger partial charge in [-0.05, 0) is 46.3 Å². The summed E-state index contributed by atoms with van der Waals surface area (Å²) >= 11 is 0. The Morgan fingerprint density at radius 1 is 0.850 bits per heavy atom. The zero-order valence-electron chi connectivity index (χ0n) is 11.0. The maximum absolute atomic E-state index is 3.68. The molecule has 0 amide bonds. The topological polar surface area (TPSA) is 15.8 Å². The van der Waals surface area contributed by atoms with Crippen LogP contribution in [0.1, 0.15) is 12.0 Å². The lowest BCUT2D eigenvalue weighted by molar-refractivity contribution is 1.43. The van der Waals surface area contributed by atoms with Gasteiger partial charge >= 0.3 is 0 Å². The number of aromatic nitrogens is 1. The number of fused-ring (bicyclic) bond motifs is 6. The molecule has 1 heterocycles. The van der Waals surface area contributed by atoms with Crippen molar-refractivity contribution in [2.75, 3.05) is 0 Å². The first kappa shape index (κ1) is 10.3. The molecule has 94 valence electrons. The van der Waals surface area contributed by atoms with E-state index in [0.29, 0.717) is 0 Å². The predicted molar refractivity (Wildman–Crippen MR) is 86.6 cm³/mol. The second kappa shape index (κ2) is 3.51. The maximum atomic E-state index is 3.68. The zero-order valence-corrected chi connectivity index (χ0v) is 11.0. The van der Waals surface area contributed by atoms with Crippen molar-refractivity contribution in [3.05, 3.63) is 59.3 Å². The summed E-state index contributed by atoms with van der Waals surface area (Å²) in [6.45, 7) is 0. The van der Waals surface area contributed by atoms with E-state index < -0.39 is 0 Å². The van der Waals surface area contributed by atoms with Crippen molar-refractivity contribution >= 4 is 44.7 Å². The minimum Gasteiger partial charge on any atom is -0.354 e. The molecule has 20 heavy (non-hydrogen) atoms. The van der Waals surface area contributed by atoms with Crippen LogP contribution in [-0.4, -0.2) is 4.98 Å². The van der Waals surface area contributed by atoms with E-state index in [1.165, 1.54) is 43.4 Å². The lowest BCUT2D eigenvalue weighted by Crippen LogP contribution is -2.04. The van der Waals surface area contributed by atoms with Crippen molar-refractivity contribution in [1.82, 2.24) is 4.98 Å². The smallest absolute Gasteiger partial charge is 0.0538 e. The largest absolute Gasteiger partial charge is 0.354 e. The van der Waals surface area contributed by atoms with Crippen molar-refractivity contribution in [2.45, 2.75) is 6.42 Å². The van der Waals surface area contributed by atoms with Crippen molar-refractivity contribution in [1.29, 1.82) is 0 Å². The van der Waals surface area contributed by atoms with E-state index in [0.717, 1.165) is 6.42 Å². The summed E-state index contributed by atoms with van der Waals surface area (Å²) < 4.78 is 0. The lowest BCUT2D eigenvalue weighted by Gasteiger charge is -1.98. The Labute approximate surface area is 116 Å². The first-order valence-corrected chi connectivity index (χ1v) is 7.04. The van der Waals surface area contributed by atoms with Crippen LogP contribution < -0.4 is 5.22 Å². The number of allylic oxidation sites excluding steroid dienone is 1. The van der Waals surface area contributed by atoms with Gasteiger partial charge in [-0.3, -0.25) is 0 Å². The molecule has 0 bridgehead atoms. The SMILES string of the molecule is C1=Cc2cc3cc4cc5ccccc5c4[nH]c3c2=CC1. The highest BCUT2D eigenvalue weighted by Crippen LogP contribution is 2.29. The van der Waals surface area contributed by atoms with Gasteiger partial charge in [-0.15, -0.1) is 0 Å². The van der Waals surface area contributed by atoms with E-state index in [9.17, 15) is 0 Å². The molecule has 1 N–H and O–H groups in total. The van der Waals surface area contributed by atoms with Crippen LogP contribution >= 0.6 is 0 Å². The fraction of sp³-hybridized carbons (Fsp3) is 0.0526. The Hall–Kier alpha value is -2.54. The summed E-state index contributed by atoms with van der Waals surface area (Å²) in [5.41, 5.74) is 3.86. The average molecular weight is 255 g/mol. The van der Waals surface area contributed by atoms with Gasteiger partial charge in [0.25, 0.3) is 0 Å². The number of H-pyrrole nitrogens is 1. The Morgan fingerprint density at radius 2 is 1.70 bits per heavy atom. The molecule has 3 aromatic carbocycles. The van der Waals surface area contributed by atoms with Gasteiger partial charge in [0.1, 0.15) is 0 Å². The molecule has 0 saturated carbocycles. The van der Waals surface area contributed by atoms with E-state index >= 15 is 0 Å². The normalized spacial score (nSPS) is 14.0. The molecule has 1 aliphatic rings. The van der Waals surface area contributed by atoms with Gasteiger partial charge in [-0.1, -0.05) is 42.5 Å². The van der Waals surface area contributed by atoms with E-state index in [1.807, 2.05) is 0 Å². The molecule has 1 aromatic heterocycles. The van der Waals surface area contributed by atoms with Crippen LogP contribution in [0.15, 0.2) is 48.5 Å². The van der Waals surface area contributed by atoms with Crippen LogP contribution in [0.25, 0.3) is 44.7 Å². The monoisotopic (exact) mass is 255 g/mol. The molecule has 4 aromatic rings. The van der Waals surface area contributed by atoms with Gasteiger partial charge in [0.2, 0.25) is 0 Å². The molecule has 0 saturated heterocycles. The standard InChI is InChI=1S/C19H13N/c1-3-7-16-12(5-1)9-14-11-15-10-13-6-2-4-8-17(13)19(15)20-18(14)16/h1-3,5-11,20H,4H2. The Kier molecular flexibility index (Phi) is 1.80. The van der Waals surface area contributed by atoms with Crippen LogP contribution in [0.5, 0.6) is 0 Å². The number of hydrogen-bond acceptors (Lipinski definition) is 0. The fourth-order valence-electron chi connectivity index (χ4n) is 3.40. The highest BCUT2D eigenvalue weighted by atomic mass is 14.7. The van der Waals surface area contributed by atoms with Crippen LogP contribution in [-0.2, 0) is 0 Å². The number of pyridine rings is 1. The molecule has 1 nitrogen and oxygen atoms in total. The van der Waals surface area contributed by atoms with Gasteiger partial charge in [-0.2, -0.15) is 0 Å². The Balaban J connectivity index is 2.03. The first-order valence-electron chi connectivity index (χ1n) is 7.04. The van der Waals surface area contributed by atoms with E-state index in [2.05, 4.69) is 65.7 Å². The summed E-state index contributed by atoms with van der Waals surface area (Å²) in [7, 11) is 0. The second-order valence-electron chi connectivity index (χ2n) is 5.52. The Bertz CT molecular complexity index is 1060. The molecule has 0 fully saturated rings. The molecule has 5 rings (SSSR count). The summed E-state index contributed by atoms with van der Waals surface area (Å²) in [6, 6.07) is 15.4. The molecule has 0 atom stereocenters. The van der Waals surface area contributed by atoms with E-state index in [-0.39, 0.29) is 0 Å². The van der Waals surface area contributed by atoms with Crippen molar-refractivity contribution < 1.29 is 0 Å². The van der Waals surface area contributed by atoms with Gasteiger partial charge in [0.05, 0.1) is 11.0 Å². The molecule has 0 aliphatic heterocycles. The van der Waals surface area contributed by atoms with Gasteiger partial charge < -0.3 is 4.98 Å². The van der Waals surface area contributed by atoms with Crippen LogP contribution in [0, 0.1) is 0 Å². The molecular formula is C19H13N. The Morgan fingerprint density at radius 3 is 2.70 bits per heavy atom. The zero-order chi connectivity index (χ0) is 13.1. The minimum atomic E-state index is 1.03. The molecular weight excluding hydrogens is 242 g/mol. The van der Waals surface area contributed by atoms with E-state index in [4.69, 9.17) is 0 Å². The summed E-state index contributed by atoms with van der Waals surface area (Å²) in [6.07, 6.45) is 7.78. The molecule has 0 spiro atoms. The second-order valence-corrected chi connectivity index (χ2v) is 5.52. The summed E-state index contributed by atoms with van der Waals surface area (Å²) in [4.78, 5) is 3.68. The number of nitrogens with one attached hydrogen (secondary N) is 1. The quantitative estimate of drug-likeness (QED) is 0.479. The highest BCUT2D eigenvalue weighted by molar-refractivity contribution is 6.12. The minimum absolute atomic E-state index is 1.03. The summed E-state index contributed by atoms with van der Waals surface area (Å²) in [5, 5.41) is 6.58. The van der Waals surface area contributed by atoms with Gasteiger partial charge in [0.15, 0.2) is 0 Å². The number of aromatic amines is 1.